The first-order chi connectivity index (χ1) is 7.75. The number of nitrogens with two attached hydrogens (primary N) is 1. The molecule has 1 aromatic heterocycles. The fraction of sp³-hybridized carbons (Fsp3) is 0.200. The molecule has 0 saturated heterocycles. The summed E-state index contributed by atoms with van der Waals surface area (Å²) in [6.07, 6.45) is 2.02. The van der Waals surface area contributed by atoms with Crippen LogP contribution in [-0.4, -0.2) is 16.7 Å². The fourth-order valence-electron chi connectivity index (χ4n) is 1.31. The molecule has 16 heavy (non-hydrogen) atoms. The number of hydrogen-bond acceptors (Lipinski definition) is 5. The molecule has 6 heteroatoms. The Balaban J connectivity index is 1.90. The molecule has 0 unspecified atom stereocenters. The molecule has 0 amide bonds. The number of anilines is 2. The van der Waals surface area contributed by atoms with Crippen molar-refractivity contribution in [3.63, 3.8) is 0 Å². The van der Waals surface area contributed by atoms with Gasteiger partial charge in [-0.05, 0) is 18.2 Å². The number of halogens is 1. The van der Waals surface area contributed by atoms with Crippen molar-refractivity contribution in [2.45, 2.75) is 6.42 Å². The molecule has 84 valence electrons. The summed E-state index contributed by atoms with van der Waals surface area (Å²) >= 11 is 3.36. The van der Waals surface area contributed by atoms with Gasteiger partial charge in [0.05, 0.1) is 11.4 Å². The summed E-state index contributed by atoms with van der Waals surface area (Å²) in [6, 6.07) is 5.72. The van der Waals surface area contributed by atoms with E-state index >= 15 is 0 Å². The van der Waals surface area contributed by atoms with Gasteiger partial charge in [0.1, 0.15) is 0 Å². The molecular weight excluding hydrogens is 272 g/mol. The van der Waals surface area contributed by atoms with Crippen LogP contribution in [0.25, 0.3) is 0 Å². The van der Waals surface area contributed by atoms with Crippen molar-refractivity contribution in [3.8, 4) is 0 Å². The van der Waals surface area contributed by atoms with E-state index < -0.39 is 0 Å². The van der Waals surface area contributed by atoms with Gasteiger partial charge in [-0.3, -0.25) is 0 Å². The third-order valence-corrected chi connectivity index (χ3v) is 2.58. The Morgan fingerprint density at radius 3 is 3.00 bits per heavy atom. The van der Waals surface area contributed by atoms with Gasteiger partial charge in [0, 0.05) is 17.4 Å². The molecule has 1 aromatic carbocycles. The van der Waals surface area contributed by atoms with Crippen LogP contribution in [0.4, 0.5) is 11.4 Å². The van der Waals surface area contributed by atoms with Crippen LogP contribution in [0.3, 0.4) is 0 Å². The lowest BCUT2D eigenvalue weighted by Crippen LogP contribution is -2.07. The maximum atomic E-state index is 5.84. The van der Waals surface area contributed by atoms with Gasteiger partial charge >= 0.3 is 0 Å². The van der Waals surface area contributed by atoms with E-state index in [9.17, 15) is 0 Å². The van der Waals surface area contributed by atoms with Crippen LogP contribution in [0.2, 0.25) is 0 Å². The molecule has 0 aliphatic rings. The first-order valence-corrected chi connectivity index (χ1v) is 5.59. The standard InChI is InChI=1S/C10H11BrN4O/c11-7-1-2-9(8(12)5-7)13-4-3-10-14-6-16-15-10/h1-2,5-6,13H,3-4,12H2. The zero-order valence-corrected chi connectivity index (χ0v) is 10.1. The summed E-state index contributed by atoms with van der Waals surface area (Å²) in [5, 5.41) is 6.93. The molecule has 0 aliphatic heterocycles. The van der Waals surface area contributed by atoms with Gasteiger partial charge in [0.15, 0.2) is 5.82 Å². The number of nitrogen functional groups attached to an aromatic ring is 1. The minimum Gasteiger partial charge on any atom is -0.397 e. The number of nitrogens with zero attached hydrogens (tertiary/aromatic N) is 2. The average molecular weight is 283 g/mol. The number of benzene rings is 1. The van der Waals surface area contributed by atoms with E-state index in [1.165, 1.54) is 6.39 Å². The first-order valence-electron chi connectivity index (χ1n) is 4.80. The zero-order chi connectivity index (χ0) is 11.4. The summed E-state index contributed by atoms with van der Waals surface area (Å²) < 4.78 is 5.60. The Morgan fingerprint density at radius 1 is 1.44 bits per heavy atom. The first kappa shape index (κ1) is 10.9. The lowest BCUT2D eigenvalue weighted by atomic mass is 10.2. The molecule has 0 fully saturated rings. The molecule has 0 radical (unpaired) electrons. The highest BCUT2D eigenvalue weighted by atomic mass is 79.9. The van der Waals surface area contributed by atoms with Crippen molar-refractivity contribution in [1.29, 1.82) is 0 Å². The molecule has 3 N–H and O–H groups in total. The zero-order valence-electron chi connectivity index (χ0n) is 8.48. The molecule has 0 atom stereocenters. The quantitative estimate of drug-likeness (QED) is 0.840. The summed E-state index contributed by atoms with van der Waals surface area (Å²) in [7, 11) is 0. The van der Waals surface area contributed by atoms with Gasteiger partial charge < -0.3 is 15.6 Å². The third kappa shape index (κ3) is 2.73. The van der Waals surface area contributed by atoms with Crippen LogP contribution in [0.1, 0.15) is 5.82 Å². The smallest absolute Gasteiger partial charge is 0.213 e. The lowest BCUT2D eigenvalue weighted by Gasteiger charge is -2.08. The normalized spacial score (nSPS) is 10.3. The fourth-order valence-corrected chi connectivity index (χ4v) is 1.68. The maximum absolute atomic E-state index is 5.84. The van der Waals surface area contributed by atoms with Crippen LogP contribution < -0.4 is 11.1 Å². The van der Waals surface area contributed by atoms with Gasteiger partial charge in [-0.15, -0.1) is 0 Å². The minimum absolute atomic E-state index is 0.684. The van der Waals surface area contributed by atoms with Crippen molar-refractivity contribution >= 4 is 27.3 Å². The van der Waals surface area contributed by atoms with E-state index in [0.717, 1.165) is 10.2 Å². The number of hydrogen-bond donors (Lipinski definition) is 2. The molecular formula is C10H11BrN4O. The Bertz CT molecular complexity index is 458. The summed E-state index contributed by atoms with van der Waals surface area (Å²) in [5.41, 5.74) is 7.46. The van der Waals surface area contributed by atoms with Crippen LogP contribution in [0.15, 0.2) is 33.6 Å². The monoisotopic (exact) mass is 282 g/mol. The Hall–Kier alpha value is -1.56. The van der Waals surface area contributed by atoms with Gasteiger partial charge in [-0.2, -0.15) is 4.98 Å². The predicted octanol–water partition coefficient (Wildman–Crippen LogP) is 2.07. The Labute approximate surface area is 101 Å². The number of aromatic nitrogens is 2. The second-order valence-corrected chi connectivity index (χ2v) is 4.17. The summed E-state index contributed by atoms with van der Waals surface area (Å²) in [5.74, 6) is 0.684. The van der Waals surface area contributed by atoms with Gasteiger partial charge in [0.25, 0.3) is 0 Å². The Morgan fingerprint density at radius 2 is 2.31 bits per heavy atom. The van der Waals surface area contributed by atoms with Crippen molar-refractivity contribution in [3.05, 3.63) is 34.9 Å². The molecule has 0 spiro atoms. The summed E-state index contributed by atoms with van der Waals surface area (Å²) in [6.45, 7) is 0.714. The van der Waals surface area contributed by atoms with E-state index in [1.807, 2.05) is 18.2 Å². The molecule has 1 heterocycles. The van der Waals surface area contributed by atoms with E-state index in [-0.39, 0.29) is 0 Å². The molecule has 0 bridgehead atoms. The van der Waals surface area contributed by atoms with Gasteiger partial charge in [-0.1, -0.05) is 21.1 Å². The van der Waals surface area contributed by atoms with Crippen LogP contribution in [-0.2, 0) is 6.42 Å². The van der Waals surface area contributed by atoms with Crippen molar-refractivity contribution in [2.75, 3.05) is 17.6 Å². The van der Waals surface area contributed by atoms with Crippen LogP contribution in [0, 0.1) is 0 Å². The van der Waals surface area contributed by atoms with Crippen LogP contribution >= 0.6 is 15.9 Å². The second kappa shape index (κ2) is 4.98. The van der Waals surface area contributed by atoms with Crippen molar-refractivity contribution in [1.82, 2.24) is 10.1 Å². The maximum Gasteiger partial charge on any atom is 0.213 e. The highest BCUT2D eigenvalue weighted by molar-refractivity contribution is 9.10. The lowest BCUT2D eigenvalue weighted by molar-refractivity contribution is 0.410. The molecule has 2 rings (SSSR count). The van der Waals surface area contributed by atoms with Gasteiger partial charge in [0.2, 0.25) is 6.39 Å². The van der Waals surface area contributed by atoms with E-state index in [2.05, 4.69) is 35.9 Å². The summed E-state index contributed by atoms with van der Waals surface area (Å²) in [4.78, 5) is 3.93. The molecule has 2 aromatic rings. The Kier molecular flexibility index (Phi) is 3.40. The average Bonchev–Trinajstić information content (AvgIpc) is 2.74. The largest absolute Gasteiger partial charge is 0.397 e. The van der Waals surface area contributed by atoms with Gasteiger partial charge in [-0.25, -0.2) is 0 Å². The SMILES string of the molecule is Nc1cc(Br)ccc1NCCc1ncon1. The highest BCUT2D eigenvalue weighted by Gasteiger charge is 2.01. The van der Waals surface area contributed by atoms with E-state index in [0.29, 0.717) is 24.5 Å². The van der Waals surface area contributed by atoms with Crippen molar-refractivity contribution < 1.29 is 4.52 Å². The molecule has 0 saturated carbocycles. The molecule has 5 nitrogen and oxygen atoms in total. The molecule has 0 aliphatic carbocycles. The number of nitrogens with one attached hydrogen (secondary N) is 1. The van der Waals surface area contributed by atoms with E-state index in [1.54, 1.807) is 0 Å². The topological polar surface area (TPSA) is 77.0 Å². The second-order valence-electron chi connectivity index (χ2n) is 3.26. The minimum atomic E-state index is 0.684. The van der Waals surface area contributed by atoms with Crippen LogP contribution in [0.5, 0.6) is 0 Å². The third-order valence-electron chi connectivity index (χ3n) is 2.08. The predicted molar refractivity (Wildman–Crippen MR) is 65.0 cm³/mol. The van der Waals surface area contributed by atoms with E-state index in [4.69, 9.17) is 5.73 Å². The van der Waals surface area contributed by atoms with Crippen molar-refractivity contribution in [2.24, 2.45) is 0 Å². The highest BCUT2D eigenvalue weighted by Crippen LogP contribution is 2.22. The number of rotatable bonds is 4.